The van der Waals surface area contributed by atoms with E-state index >= 15 is 0 Å². The molecule has 1 aliphatic carbocycles. The topological polar surface area (TPSA) is 83.6 Å². The molecule has 1 atom stereocenters. The summed E-state index contributed by atoms with van der Waals surface area (Å²) in [7, 11) is -7.54. The number of sulfonamides is 2. The molecule has 4 rings (SSSR count). The van der Waals surface area contributed by atoms with Crippen molar-refractivity contribution in [2.75, 3.05) is 6.54 Å². The molecule has 6 nitrogen and oxygen atoms in total. The first-order chi connectivity index (χ1) is 15.3. The van der Waals surface area contributed by atoms with Gasteiger partial charge in [0.05, 0.1) is 9.79 Å². The van der Waals surface area contributed by atoms with Gasteiger partial charge in [-0.1, -0.05) is 61.5 Å². The minimum absolute atomic E-state index is 0.0481. The summed E-state index contributed by atoms with van der Waals surface area (Å²) in [5.74, 6) is 0. The minimum atomic E-state index is -3.78. The quantitative estimate of drug-likeness (QED) is 0.542. The molecule has 0 aliphatic heterocycles. The summed E-state index contributed by atoms with van der Waals surface area (Å²) in [6, 6.07) is 22.3. The molecular weight excluding hydrogens is 444 g/mol. The highest BCUT2D eigenvalue weighted by Crippen LogP contribution is 2.32. The number of hydrogen-bond donors (Lipinski definition) is 1. The first-order valence-corrected chi connectivity index (χ1v) is 13.5. The van der Waals surface area contributed by atoms with Crippen LogP contribution >= 0.6 is 0 Å². The van der Waals surface area contributed by atoms with E-state index in [0.717, 1.165) is 23.1 Å². The Morgan fingerprint density at radius 3 is 2.16 bits per heavy atom. The number of nitrogens with zero attached hydrogens (tertiary/aromatic N) is 1. The number of rotatable bonds is 8. The fourth-order valence-corrected chi connectivity index (χ4v) is 6.72. The van der Waals surface area contributed by atoms with E-state index in [-0.39, 0.29) is 22.4 Å². The summed E-state index contributed by atoms with van der Waals surface area (Å²) < 4.78 is 56.2. The van der Waals surface area contributed by atoms with Gasteiger partial charge in [0.2, 0.25) is 20.0 Å². The average molecular weight is 471 g/mol. The highest BCUT2D eigenvalue weighted by atomic mass is 32.2. The van der Waals surface area contributed by atoms with Gasteiger partial charge in [0.15, 0.2) is 0 Å². The second-order valence-electron chi connectivity index (χ2n) is 7.80. The minimum Gasteiger partial charge on any atom is -0.207 e. The molecule has 0 radical (unpaired) electrons. The van der Waals surface area contributed by atoms with Gasteiger partial charge in [0, 0.05) is 19.1 Å². The zero-order valence-electron chi connectivity index (χ0n) is 17.8. The second kappa shape index (κ2) is 9.15. The average Bonchev–Trinajstić information content (AvgIpc) is 3.20. The number of nitrogens with one attached hydrogen (secondary N) is 1. The summed E-state index contributed by atoms with van der Waals surface area (Å²) >= 11 is 0. The van der Waals surface area contributed by atoms with Crippen LogP contribution in [0.5, 0.6) is 0 Å². The third-order valence-corrected chi connectivity index (χ3v) is 9.18. The molecule has 1 aliphatic rings. The molecule has 3 aromatic rings. The summed E-state index contributed by atoms with van der Waals surface area (Å²) in [4.78, 5) is 0.118. The molecule has 3 aromatic carbocycles. The van der Waals surface area contributed by atoms with Crippen molar-refractivity contribution in [2.45, 2.75) is 42.1 Å². The highest BCUT2D eigenvalue weighted by Gasteiger charge is 2.28. The second-order valence-corrected chi connectivity index (χ2v) is 11.5. The molecule has 0 amide bonds. The fourth-order valence-electron chi connectivity index (χ4n) is 4.03. The van der Waals surface area contributed by atoms with E-state index in [1.807, 2.05) is 54.6 Å². The van der Waals surface area contributed by atoms with Gasteiger partial charge in [0.1, 0.15) is 0 Å². The molecule has 32 heavy (non-hydrogen) atoms. The maximum Gasteiger partial charge on any atom is 0.243 e. The molecule has 0 saturated heterocycles. The SMILES string of the molecule is CCN(Cc1ccccc1)S(=O)(=O)c1ccc(S(=O)(=O)N[C@@H]2CCc3ccccc32)cc1. The lowest BCUT2D eigenvalue weighted by molar-refractivity contribution is 0.423. The van der Waals surface area contributed by atoms with Crippen LogP contribution in [0.15, 0.2) is 88.7 Å². The van der Waals surface area contributed by atoms with E-state index in [2.05, 4.69) is 4.72 Å². The maximum atomic E-state index is 13.1. The summed E-state index contributed by atoms with van der Waals surface area (Å²) in [5, 5.41) is 0. The highest BCUT2D eigenvalue weighted by molar-refractivity contribution is 7.89. The van der Waals surface area contributed by atoms with Crippen molar-refractivity contribution in [3.05, 3.63) is 95.6 Å². The normalized spacial score (nSPS) is 16.2. The van der Waals surface area contributed by atoms with Crippen LogP contribution in [0.3, 0.4) is 0 Å². The molecule has 0 unspecified atom stereocenters. The van der Waals surface area contributed by atoms with Gasteiger partial charge in [0.25, 0.3) is 0 Å². The fraction of sp³-hybridized carbons (Fsp3) is 0.250. The van der Waals surface area contributed by atoms with Crippen LogP contribution in [0.2, 0.25) is 0 Å². The monoisotopic (exact) mass is 470 g/mol. The molecule has 0 bridgehead atoms. The zero-order valence-corrected chi connectivity index (χ0v) is 19.4. The van der Waals surface area contributed by atoms with Crippen LogP contribution in [0.1, 0.15) is 36.1 Å². The first-order valence-electron chi connectivity index (χ1n) is 10.6. The Bertz CT molecular complexity index is 1290. The van der Waals surface area contributed by atoms with Crippen molar-refractivity contribution in [1.29, 1.82) is 0 Å². The molecular formula is C24H26N2O4S2. The number of benzene rings is 3. The lowest BCUT2D eigenvalue weighted by Crippen LogP contribution is -2.30. The maximum absolute atomic E-state index is 13.1. The Morgan fingerprint density at radius 2 is 1.47 bits per heavy atom. The molecule has 0 fully saturated rings. The number of hydrogen-bond acceptors (Lipinski definition) is 4. The predicted molar refractivity (Wildman–Crippen MR) is 124 cm³/mol. The smallest absolute Gasteiger partial charge is 0.207 e. The Balaban J connectivity index is 1.53. The molecule has 0 aromatic heterocycles. The van der Waals surface area contributed by atoms with E-state index in [1.165, 1.54) is 28.6 Å². The third-order valence-electron chi connectivity index (χ3n) is 5.76. The van der Waals surface area contributed by atoms with Crippen LogP contribution in [0.25, 0.3) is 0 Å². The molecule has 168 valence electrons. The number of fused-ring (bicyclic) bond motifs is 1. The van der Waals surface area contributed by atoms with Gasteiger partial charge < -0.3 is 0 Å². The van der Waals surface area contributed by atoms with Crippen molar-refractivity contribution >= 4 is 20.0 Å². The lowest BCUT2D eigenvalue weighted by Gasteiger charge is -2.21. The van der Waals surface area contributed by atoms with Gasteiger partial charge in [-0.2, -0.15) is 4.31 Å². The zero-order chi connectivity index (χ0) is 22.8. The molecule has 1 N–H and O–H groups in total. The van der Waals surface area contributed by atoms with Crippen molar-refractivity contribution in [2.24, 2.45) is 0 Å². The Hall–Kier alpha value is -2.52. The van der Waals surface area contributed by atoms with Gasteiger partial charge in [-0.05, 0) is 53.8 Å². The van der Waals surface area contributed by atoms with E-state index in [9.17, 15) is 16.8 Å². The van der Waals surface area contributed by atoms with Crippen LogP contribution in [-0.4, -0.2) is 27.7 Å². The van der Waals surface area contributed by atoms with E-state index in [4.69, 9.17) is 0 Å². The molecule has 0 heterocycles. The Morgan fingerprint density at radius 1 is 0.844 bits per heavy atom. The summed E-state index contributed by atoms with van der Waals surface area (Å²) in [5.41, 5.74) is 3.03. The van der Waals surface area contributed by atoms with Crippen molar-refractivity contribution in [3.63, 3.8) is 0 Å². The molecule has 8 heteroatoms. The van der Waals surface area contributed by atoms with Gasteiger partial charge >= 0.3 is 0 Å². The van der Waals surface area contributed by atoms with Gasteiger partial charge in [-0.15, -0.1) is 0 Å². The van der Waals surface area contributed by atoms with Gasteiger partial charge in [-0.3, -0.25) is 0 Å². The van der Waals surface area contributed by atoms with E-state index in [1.54, 1.807) is 6.92 Å². The summed E-state index contributed by atoms with van der Waals surface area (Å²) in [6.07, 6.45) is 1.53. The van der Waals surface area contributed by atoms with Crippen molar-refractivity contribution in [1.82, 2.24) is 9.03 Å². The third kappa shape index (κ3) is 4.63. The van der Waals surface area contributed by atoms with E-state index < -0.39 is 20.0 Å². The summed E-state index contributed by atoms with van der Waals surface area (Å²) in [6.45, 7) is 2.34. The number of aryl methyl sites for hydroxylation is 1. The van der Waals surface area contributed by atoms with Crippen molar-refractivity contribution < 1.29 is 16.8 Å². The lowest BCUT2D eigenvalue weighted by atomic mass is 10.1. The standard InChI is InChI=1S/C24H26N2O4S2/c1-2-26(18-19-8-4-3-5-9-19)32(29,30)22-15-13-21(14-16-22)31(27,28)25-24-17-12-20-10-6-7-11-23(20)24/h3-11,13-16,24-25H,2,12,17-18H2,1H3/t24-/m1/s1. The Kier molecular flexibility index (Phi) is 6.48. The van der Waals surface area contributed by atoms with Crippen molar-refractivity contribution in [3.8, 4) is 0 Å². The van der Waals surface area contributed by atoms with Crippen LogP contribution in [0.4, 0.5) is 0 Å². The predicted octanol–water partition coefficient (Wildman–Crippen LogP) is 3.86. The van der Waals surface area contributed by atoms with Gasteiger partial charge in [-0.25, -0.2) is 21.6 Å². The largest absolute Gasteiger partial charge is 0.243 e. The Labute approximate surface area is 190 Å². The first kappa shape index (κ1) is 22.7. The van der Waals surface area contributed by atoms with E-state index in [0.29, 0.717) is 13.0 Å². The van der Waals surface area contributed by atoms with Crippen LogP contribution in [0, 0.1) is 0 Å². The molecule has 0 spiro atoms. The van der Waals surface area contributed by atoms with Crippen LogP contribution in [-0.2, 0) is 33.0 Å². The van der Waals surface area contributed by atoms with Crippen LogP contribution < -0.4 is 4.72 Å². The molecule has 0 saturated carbocycles.